The number of thiocarbonyl (C=S) groups is 2. The fourth-order valence-corrected chi connectivity index (χ4v) is 2.09. The van der Waals surface area contributed by atoms with Gasteiger partial charge in [0.25, 0.3) is 11.8 Å². The van der Waals surface area contributed by atoms with E-state index in [9.17, 15) is 9.59 Å². The first-order chi connectivity index (χ1) is 14.3. The monoisotopic (exact) mass is 457 g/mol. The van der Waals surface area contributed by atoms with Gasteiger partial charge in [-0.15, -0.1) is 0 Å². The third-order valence-electron chi connectivity index (χ3n) is 3.66. The van der Waals surface area contributed by atoms with E-state index >= 15 is 0 Å². The van der Waals surface area contributed by atoms with Gasteiger partial charge < -0.3 is 20.1 Å². The average Bonchev–Trinajstić information content (AvgIpc) is 3.06. The third-order valence-corrected chi connectivity index (χ3v) is 4.20. The van der Waals surface area contributed by atoms with Crippen LogP contribution in [-0.4, -0.2) is 84.9 Å². The second-order valence-electron chi connectivity index (χ2n) is 5.84. The van der Waals surface area contributed by atoms with E-state index in [-0.39, 0.29) is 25.0 Å². The third kappa shape index (κ3) is 10.3. The summed E-state index contributed by atoms with van der Waals surface area (Å²) in [5.74, 6) is -0.626. The average molecular weight is 458 g/mol. The van der Waals surface area contributed by atoms with Gasteiger partial charge in [0.2, 0.25) is 0 Å². The molecule has 0 aliphatic carbocycles. The maximum absolute atomic E-state index is 11.4. The number of hydrazone groups is 2. The first kappa shape index (κ1) is 25.6. The highest BCUT2D eigenvalue weighted by molar-refractivity contribution is 7.80. The van der Waals surface area contributed by atoms with E-state index < -0.39 is 0 Å². The number of nitrogens with one attached hydrogen (secondary N) is 4. The minimum atomic E-state index is -0.313. The zero-order valence-corrected chi connectivity index (χ0v) is 18.8. The van der Waals surface area contributed by atoms with Crippen LogP contribution < -0.4 is 21.5 Å². The smallest absolute Gasteiger partial charge is 0.253 e. The largest absolute Gasteiger partial charge is 0.377 e. The molecule has 11 nitrogen and oxygen atoms in total. The predicted molar refractivity (Wildman–Crippen MR) is 122 cm³/mol. The van der Waals surface area contributed by atoms with E-state index in [0.29, 0.717) is 48.0 Å². The Morgan fingerprint density at radius 2 is 1.47 bits per heavy atom. The van der Waals surface area contributed by atoms with Gasteiger partial charge in [0.1, 0.15) is 0 Å². The summed E-state index contributed by atoms with van der Waals surface area (Å²) in [5.41, 5.74) is 6.70. The molecule has 0 aromatic rings. The van der Waals surface area contributed by atoms with Gasteiger partial charge >= 0.3 is 0 Å². The molecule has 0 bridgehead atoms. The Labute approximate surface area is 186 Å². The van der Waals surface area contributed by atoms with Crippen molar-refractivity contribution in [2.45, 2.75) is 13.8 Å². The van der Waals surface area contributed by atoms with Crippen molar-refractivity contribution in [2.24, 2.45) is 10.2 Å². The molecular formula is C17H27N7O4S2. The lowest BCUT2D eigenvalue weighted by molar-refractivity contribution is -0.137. The second kappa shape index (κ2) is 14.5. The van der Waals surface area contributed by atoms with Crippen molar-refractivity contribution in [3.63, 3.8) is 0 Å². The number of hydrogen-bond donors (Lipinski definition) is 4. The molecule has 0 aromatic carbocycles. The maximum atomic E-state index is 11.4. The fourth-order valence-electron chi connectivity index (χ4n) is 1.89. The first-order valence-electron chi connectivity index (χ1n) is 9.14. The molecule has 0 unspecified atom stereocenters. The molecule has 0 radical (unpaired) electrons. The lowest BCUT2D eigenvalue weighted by Crippen LogP contribution is -2.35. The topological polar surface area (TPSA) is 129 Å². The molecule has 166 valence electrons. The zero-order valence-electron chi connectivity index (χ0n) is 17.2. The maximum Gasteiger partial charge on any atom is 0.253 e. The van der Waals surface area contributed by atoms with Gasteiger partial charge in [-0.1, -0.05) is 0 Å². The highest BCUT2D eigenvalue weighted by Crippen LogP contribution is 2.02. The summed E-state index contributed by atoms with van der Waals surface area (Å²) in [5, 5.41) is 14.7. The van der Waals surface area contributed by atoms with Crippen molar-refractivity contribution >= 4 is 57.9 Å². The SMILES string of the molecule is CNC(=S)N/N=C(C)/C(C)=N\NC(=S)NCCOCCOCCN1C(=O)C=CC1=O. The van der Waals surface area contributed by atoms with Gasteiger partial charge in [-0.3, -0.25) is 25.3 Å². The van der Waals surface area contributed by atoms with E-state index in [1.165, 1.54) is 12.2 Å². The number of carbonyl (C=O) groups excluding carboxylic acids is 2. The highest BCUT2D eigenvalue weighted by atomic mass is 32.1. The van der Waals surface area contributed by atoms with Crippen molar-refractivity contribution < 1.29 is 19.1 Å². The number of amides is 2. The normalized spacial score (nSPS) is 14.2. The summed E-state index contributed by atoms with van der Waals surface area (Å²) < 4.78 is 10.8. The molecule has 1 heterocycles. The van der Waals surface area contributed by atoms with E-state index in [1.807, 2.05) is 0 Å². The molecule has 0 saturated carbocycles. The number of carbonyl (C=O) groups is 2. The van der Waals surface area contributed by atoms with Crippen molar-refractivity contribution in [2.75, 3.05) is 46.6 Å². The van der Waals surface area contributed by atoms with Crippen LogP contribution in [0.5, 0.6) is 0 Å². The van der Waals surface area contributed by atoms with E-state index in [4.69, 9.17) is 33.9 Å². The molecule has 0 atom stereocenters. The standard InChI is InChI=1S/C17H27N7O4S2/c1-12(20-22-16(29)18-3)13(2)21-23-17(30)19-6-8-27-10-11-28-9-7-24-14(25)4-5-15(24)26/h4-5H,6-11H2,1-3H3,(H2,18,22,29)(H2,19,23,30)/b20-12+,21-13-. The molecule has 13 heteroatoms. The Bertz CT molecular complexity index is 707. The number of rotatable bonds is 12. The lowest BCUT2D eigenvalue weighted by atomic mass is 10.3. The quantitative estimate of drug-likeness (QED) is 0.0977. The molecular weight excluding hydrogens is 430 g/mol. The number of ether oxygens (including phenoxy) is 2. The van der Waals surface area contributed by atoms with Crippen LogP contribution in [0.1, 0.15) is 13.8 Å². The summed E-state index contributed by atoms with van der Waals surface area (Å²) in [7, 11) is 1.70. The number of imide groups is 1. The molecule has 1 aliphatic rings. The Kier molecular flexibility index (Phi) is 12.3. The van der Waals surface area contributed by atoms with Gasteiger partial charge in [-0.25, -0.2) is 0 Å². The van der Waals surface area contributed by atoms with Crippen LogP contribution in [0.4, 0.5) is 0 Å². The van der Waals surface area contributed by atoms with Crippen LogP contribution >= 0.6 is 24.4 Å². The Balaban J connectivity index is 2.04. The van der Waals surface area contributed by atoms with Crippen molar-refractivity contribution in [1.82, 2.24) is 26.4 Å². The molecule has 30 heavy (non-hydrogen) atoms. The molecule has 1 rings (SSSR count). The summed E-state index contributed by atoms with van der Waals surface area (Å²) in [6.45, 7) is 5.74. The van der Waals surface area contributed by atoms with Crippen LogP contribution in [-0.2, 0) is 19.1 Å². The minimum Gasteiger partial charge on any atom is -0.377 e. The van der Waals surface area contributed by atoms with E-state index in [1.54, 1.807) is 20.9 Å². The number of hydrogen-bond acceptors (Lipinski definition) is 8. The van der Waals surface area contributed by atoms with Crippen molar-refractivity contribution in [3.8, 4) is 0 Å². The summed E-state index contributed by atoms with van der Waals surface area (Å²) in [4.78, 5) is 23.8. The van der Waals surface area contributed by atoms with Crippen LogP contribution in [0.2, 0.25) is 0 Å². The Morgan fingerprint density at radius 3 is 2.03 bits per heavy atom. The van der Waals surface area contributed by atoms with Crippen LogP contribution in [0.3, 0.4) is 0 Å². The minimum absolute atomic E-state index is 0.231. The van der Waals surface area contributed by atoms with Crippen molar-refractivity contribution in [1.29, 1.82) is 0 Å². The van der Waals surface area contributed by atoms with Gasteiger partial charge in [-0.2, -0.15) is 10.2 Å². The van der Waals surface area contributed by atoms with Crippen LogP contribution in [0.25, 0.3) is 0 Å². The zero-order chi connectivity index (χ0) is 22.4. The van der Waals surface area contributed by atoms with Gasteiger partial charge in [0.05, 0.1) is 44.4 Å². The van der Waals surface area contributed by atoms with Crippen LogP contribution in [0.15, 0.2) is 22.4 Å². The lowest BCUT2D eigenvalue weighted by Gasteiger charge is -2.13. The molecule has 1 aliphatic heterocycles. The fraction of sp³-hybridized carbons (Fsp3) is 0.529. The van der Waals surface area contributed by atoms with E-state index in [0.717, 1.165) is 4.90 Å². The van der Waals surface area contributed by atoms with Gasteiger partial charge in [-0.05, 0) is 38.3 Å². The Hall–Kier alpha value is -2.48. The predicted octanol–water partition coefficient (Wildman–Crippen LogP) is -0.746. The first-order valence-corrected chi connectivity index (χ1v) is 9.96. The Morgan fingerprint density at radius 1 is 0.933 bits per heavy atom. The van der Waals surface area contributed by atoms with Gasteiger partial charge in [0.15, 0.2) is 10.2 Å². The molecule has 2 amide bonds. The van der Waals surface area contributed by atoms with Crippen molar-refractivity contribution in [3.05, 3.63) is 12.2 Å². The molecule has 0 fully saturated rings. The molecule has 0 spiro atoms. The van der Waals surface area contributed by atoms with Crippen LogP contribution in [0, 0.1) is 0 Å². The molecule has 4 N–H and O–H groups in total. The summed E-state index contributed by atoms with van der Waals surface area (Å²) in [6, 6.07) is 0. The second-order valence-corrected chi connectivity index (χ2v) is 6.66. The van der Waals surface area contributed by atoms with Gasteiger partial charge in [0, 0.05) is 25.7 Å². The van der Waals surface area contributed by atoms with E-state index in [2.05, 4.69) is 31.7 Å². The molecule has 0 aromatic heterocycles. The number of nitrogens with zero attached hydrogens (tertiary/aromatic N) is 3. The highest BCUT2D eigenvalue weighted by Gasteiger charge is 2.22. The summed E-state index contributed by atoms with van der Waals surface area (Å²) in [6.07, 6.45) is 2.49. The molecule has 0 saturated heterocycles. The summed E-state index contributed by atoms with van der Waals surface area (Å²) >= 11 is 10.1.